The number of halogens is 1. The van der Waals surface area contributed by atoms with E-state index in [1.165, 1.54) is 17.7 Å². The molecule has 26 heavy (non-hydrogen) atoms. The summed E-state index contributed by atoms with van der Waals surface area (Å²) in [5, 5.41) is 0. The first-order chi connectivity index (χ1) is 12.3. The van der Waals surface area contributed by atoms with Crippen molar-refractivity contribution in [1.29, 1.82) is 0 Å². The molecular formula is C21H24FNO3. The molecule has 1 aliphatic heterocycles. The van der Waals surface area contributed by atoms with Gasteiger partial charge in [-0.3, -0.25) is 0 Å². The van der Waals surface area contributed by atoms with E-state index in [1.54, 1.807) is 17.0 Å². The Morgan fingerprint density at radius 3 is 2.54 bits per heavy atom. The van der Waals surface area contributed by atoms with Gasteiger partial charge in [0, 0.05) is 13.1 Å². The molecule has 138 valence electrons. The van der Waals surface area contributed by atoms with Gasteiger partial charge in [-0.25, -0.2) is 9.18 Å². The van der Waals surface area contributed by atoms with Crippen molar-refractivity contribution in [3.8, 4) is 5.75 Å². The summed E-state index contributed by atoms with van der Waals surface area (Å²) in [6.07, 6.45) is 0.507. The SMILES string of the molecule is CC(C)(C)OC(=O)N1CCc2ccc(OCc3ccc(F)cc3)cc2C1. The van der Waals surface area contributed by atoms with Crippen molar-refractivity contribution in [2.75, 3.05) is 6.54 Å². The third-order valence-electron chi connectivity index (χ3n) is 4.16. The molecule has 1 heterocycles. The van der Waals surface area contributed by atoms with Crippen LogP contribution >= 0.6 is 0 Å². The fourth-order valence-electron chi connectivity index (χ4n) is 2.85. The lowest BCUT2D eigenvalue weighted by atomic mass is 10.00. The second-order valence-corrected chi connectivity index (χ2v) is 7.50. The molecule has 0 radical (unpaired) electrons. The number of hydrogen-bond acceptors (Lipinski definition) is 3. The third-order valence-corrected chi connectivity index (χ3v) is 4.16. The van der Waals surface area contributed by atoms with Crippen LogP contribution in [0, 0.1) is 5.82 Å². The summed E-state index contributed by atoms with van der Waals surface area (Å²) in [4.78, 5) is 14.0. The molecule has 3 rings (SSSR count). The molecule has 1 amide bonds. The topological polar surface area (TPSA) is 38.8 Å². The Morgan fingerprint density at radius 2 is 1.85 bits per heavy atom. The number of nitrogens with zero attached hydrogens (tertiary/aromatic N) is 1. The Balaban J connectivity index is 1.65. The summed E-state index contributed by atoms with van der Waals surface area (Å²) in [5.41, 5.74) is 2.69. The van der Waals surface area contributed by atoms with E-state index in [4.69, 9.17) is 9.47 Å². The summed E-state index contributed by atoms with van der Waals surface area (Å²) in [6, 6.07) is 12.2. The molecule has 0 atom stereocenters. The Kier molecular flexibility index (Phi) is 5.16. The van der Waals surface area contributed by atoms with Crippen LogP contribution in [0.25, 0.3) is 0 Å². The molecular weight excluding hydrogens is 333 g/mol. The largest absolute Gasteiger partial charge is 0.489 e. The monoisotopic (exact) mass is 357 g/mol. The van der Waals surface area contributed by atoms with Gasteiger partial charge < -0.3 is 14.4 Å². The first-order valence-corrected chi connectivity index (χ1v) is 8.77. The van der Waals surface area contributed by atoms with Crippen molar-refractivity contribution >= 4 is 6.09 Å². The molecule has 0 saturated carbocycles. The van der Waals surface area contributed by atoms with E-state index in [-0.39, 0.29) is 11.9 Å². The molecule has 0 unspecified atom stereocenters. The van der Waals surface area contributed by atoms with Crippen LogP contribution in [0.2, 0.25) is 0 Å². The minimum atomic E-state index is -0.503. The fraction of sp³-hybridized carbons (Fsp3) is 0.381. The summed E-state index contributed by atoms with van der Waals surface area (Å²) < 4.78 is 24.2. The van der Waals surface area contributed by atoms with Gasteiger partial charge in [0.05, 0.1) is 0 Å². The molecule has 0 aliphatic carbocycles. The molecule has 0 N–H and O–H groups in total. The lowest BCUT2D eigenvalue weighted by molar-refractivity contribution is 0.0223. The molecule has 4 nitrogen and oxygen atoms in total. The lowest BCUT2D eigenvalue weighted by Crippen LogP contribution is -2.39. The zero-order chi connectivity index (χ0) is 18.7. The molecule has 2 aromatic carbocycles. The Bertz CT molecular complexity index is 781. The van der Waals surface area contributed by atoms with E-state index in [1.807, 2.05) is 39.0 Å². The van der Waals surface area contributed by atoms with Crippen LogP contribution in [0.15, 0.2) is 42.5 Å². The third kappa shape index (κ3) is 4.75. The highest BCUT2D eigenvalue weighted by atomic mass is 19.1. The van der Waals surface area contributed by atoms with Crippen LogP contribution < -0.4 is 4.74 Å². The van der Waals surface area contributed by atoms with E-state index in [2.05, 4.69) is 0 Å². The van der Waals surface area contributed by atoms with Gasteiger partial charge in [-0.15, -0.1) is 0 Å². The first-order valence-electron chi connectivity index (χ1n) is 8.77. The normalized spacial score (nSPS) is 13.9. The first kappa shape index (κ1) is 18.2. The molecule has 0 spiro atoms. The second kappa shape index (κ2) is 7.36. The Labute approximate surface area is 153 Å². The van der Waals surface area contributed by atoms with Crippen LogP contribution in [0.4, 0.5) is 9.18 Å². The van der Waals surface area contributed by atoms with Crippen molar-refractivity contribution < 1.29 is 18.7 Å². The fourth-order valence-corrected chi connectivity index (χ4v) is 2.85. The quantitative estimate of drug-likeness (QED) is 0.799. The minimum Gasteiger partial charge on any atom is -0.489 e. The van der Waals surface area contributed by atoms with E-state index in [0.29, 0.717) is 19.7 Å². The number of carbonyl (C=O) groups excluding carboxylic acids is 1. The van der Waals surface area contributed by atoms with E-state index < -0.39 is 5.60 Å². The van der Waals surface area contributed by atoms with Gasteiger partial charge in [-0.1, -0.05) is 18.2 Å². The Hall–Kier alpha value is -2.56. The number of fused-ring (bicyclic) bond motifs is 1. The molecule has 0 fully saturated rings. The van der Waals surface area contributed by atoms with Gasteiger partial charge in [-0.2, -0.15) is 0 Å². The molecule has 0 aromatic heterocycles. The highest BCUT2D eigenvalue weighted by molar-refractivity contribution is 5.68. The minimum absolute atomic E-state index is 0.259. The maximum Gasteiger partial charge on any atom is 0.410 e. The van der Waals surface area contributed by atoms with Crippen LogP contribution in [0.5, 0.6) is 5.75 Å². The van der Waals surface area contributed by atoms with Gasteiger partial charge in [0.15, 0.2) is 0 Å². The number of amides is 1. The number of benzene rings is 2. The molecule has 0 bridgehead atoms. The van der Waals surface area contributed by atoms with Gasteiger partial charge in [0.2, 0.25) is 0 Å². The average Bonchev–Trinajstić information content (AvgIpc) is 2.59. The highest BCUT2D eigenvalue weighted by Crippen LogP contribution is 2.25. The number of carbonyl (C=O) groups is 1. The van der Waals surface area contributed by atoms with Crippen molar-refractivity contribution in [3.63, 3.8) is 0 Å². The summed E-state index contributed by atoms with van der Waals surface area (Å²) in [5.74, 6) is 0.476. The van der Waals surface area contributed by atoms with Gasteiger partial charge in [-0.05, 0) is 68.1 Å². The summed E-state index contributed by atoms with van der Waals surface area (Å²) in [7, 11) is 0. The van der Waals surface area contributed by atoms with Crippen molar-refractivity contribution in [2.45, 2.75) is 45.9 Å². The average molecular weight is 357 g/mol. The summed E-state index contributed by atoms with van der Waals surface area (Å²) in [6.45, 7) is 7.13. The van der Waals surface area contributed by atoms with Crippen LogP contribution in [-0.2, 0) is 24.3 Å². The van der Waals surface area contributed by atoms with Crippen molar-refractivity contribution in [2.24, 2.45) is 0 Å². The van der Waals surface area contributed by atoms with Gasteiger partial charge >= 0.3 is 6.09 Å². The predicted molar refractivity (Wildman–Crippen MR) is 97.5 cm³/mol. The van der Waals surface area contributed by atoms with Crippen molar-refractivity contribution in [3.05, 3.63) is 65.0 Å². The van der Waals surface area contributed by atoms with Crippen LogP contribution in [0.1, 0.15) is 37.5 Å². The number of ether oxygens (including phenoxy) is 2. The maximum absolute atomic E-state index is 13.0. The predicted octanol–water partition coefficient (Wildman–Crippen LogP) is 4.70. The molecule has 0 saturated heterocycles. The lowest BCUT2D eigenvalue weighted by Gasteiger charge is -2.31. The standard InChI is InChI=1S/C21H24FNO3/c1-21(2,3)26-20(24)23-11-10-16-6-9-19(12-17(16)13-23)25-14-15-4-7-18(22)8-5-15/h4-9,12H,10-11,13-14H2,1-3H3. The van der Waals surface area contributed by atoms with E-state index in [0.717, 1.165) is 23.3 Å². The second-order valence-electron chi connectivity index (χ2n) is 7.50. The van der Waals surface area contributed by atoms with E-state index in [9.17, 15) is 9.18 Å². The van der Waals surface area contributed by atoms with Gasteiger partial charge in [0.25, 0.3) is 0 Å². The highest BCUT2D eigenvalue weighted by Gasteiger charge is 2.25. The number of hydrogen-bond donors (Lipinski definition) is 0. The summed E-state index contributed by atoms with van der Waals surface area (Å²) >= 11 is 0. The molecule has 5 heteroatoms. The number of rotatable bonds is 3. The zero-order valence-electron chi connectivity index (χ0n) is 15.4. The van der Waals surface area contributed by atoms with E-state index >= 15 is 0 Å². The smallest absolute Gasteiger partial charge is 0.410 e. The zero-order valence-corrected chi connectivity index (χ0v) is 15.4. The van der Waals surface area contributed by atoms with Crippen molar-refractivity contribution in [1.82, 2.24) is 4.90 Å². The molecule has 2 aromatic rings. The molecule has 1 aliphatic rings. The van der Waals surface area contributed by atoms with Crippen LogP contribution in [-0.4, -0.2) is 23.1 Å². The maximum atomic E-state index is 13.0. The Morgan fingerprint density at radius 1 is 1.12 bits per heavy atom. The van der Waals surface area contributed by atoms with Crippen LogP contribution in [0.3, 0.4) is 0 Å². The van der Waals surface area contributed by atoms with Gasteiger partial charge in [0.1, 0.15) is 23.8 Å².